The van der Waals surface area contributed by atoms with Crippen LogP contribution in [-0.4, -0.2) is 64.2 Å². The lowest BCUT2D eigenvalue weighted by Crippen LogP contribution is -2.30. The van der Waals surface area contributed by atoms with Crippen molar-refractivity contribution in [2.24, 2.45) is 33.8 Å². The molecule has 0 aliphatic carbocycles. The van der Waals surface area contributed by atoms with Crippen LogP contribution in [0.1, 0.15) is 72.9 Å². The molecule has 0 spiro atoms. The normalized spacial score (nSPS) is 14.3. The molecule has 0 bridgehead atoms. The van der Waals surface area contributed by atoms with Crippen LogP contribution in [0.15, 0.2) is 39.0 Å². The number of aliphatic imine (C=N–C) groups is 1. The molecular weight excluding hydrogens is 570 g/mol. The molecule has 1 amide bonds. The van der Waals surface area contributed by atoms with E-state index in [1.165, 1.54) is 13.2 Å². The first-order valence-electron chi connectivity index (χ1n) is 14.8. The molecule has 2 aromatic heterocycles. The van der Waals surface area contributed by atoms with E-state index in [1.807, 2.05) is 13.8 Å². The minimum atomic E-state index is -1.02. The van der Waals surface area contributed by atoms with E-state index in [4.69, 9.17) is 24.8 Å². The van der Waals surface area contributed by atoms with Crippen molar-refractivity contribution in [2.45, 2.75) is 73.8 Å². The highest BCUT2D eigenvalue weighted by atomic mass is 16.6. The van der Waals surface area contributed by atoms with Crippen LogP contribution < -0.4 is 5.73 Å². The minimum absolute atomic E-state index is 0.0361. The van der Waals surface area contributed by atoms with Gasteiger partial charge in [0, 0.05) is 18.1 Å². The van der Waals surface area contributed by atoms with Gasteiger partial charge in [-0.1, -0.05) is 45.8 Å². The molecule has 3 atom stereocenters. The van der Waals surface area contributed by atoms with E-state index >= 15 is 0 Å². The third-order valence-corrected chi connectivity index (χ3v) is 6.81. The number of oxime groups is 1. The maximum atomic E-state index is 12.6. The Bertz CT molecular complexity index is 1290. The lowest BCUT2D eigenvalue weighted by Gasteiger charge is -2.18. The molecule has 0 aliphatic heterocycles. The number of rotatable bonds is 19. The average molecular weight is 616 g/mol. The van der Waals surface area contributed by atoms with E-state index in [-0.39, 0.29) is 43.3 Å². The zero-order valence-electron chi connectivity index (χ0n) is 26.4. The number of Topliss-reactive ketones (excluding diaryl/α,β-unsaturated/α-hetero) is 1. The van der Waals surface area contributed by atoms with Crippen LogP contribution in [0.2, 0.25) is 0 Å². The van der Waals surface area contributed by atoms with Crippen LogP contribution in [-0.2, 0) is 35.3 Å². The van der Waals surface area contributed by atoms with Gasteiger partial charge in [-0.3, -0.25) is 14.4 Å². The summed E-state index contributed by atoms with van der Waals surface area (Å²) in [5.41, 5.74) is 8.23. The number of carbonyl (C=O) groups is 3. The number of aromatic nitrogens is 2. The molecule has 2 unspecified atom stereocenters. The maximum Gasteiger partial charge on any atom is 0.318 e. The standard InChI is InChI=1S/C31H45N5O8/c1-7-27(38)35-28(19(2)3)20(4)10-8-11-23(15-41-14-21(5)29(39)22(6)31(40)43-18-37)36-44-17-24-16-42-30(33-24)25-12-9-13-26(32)34-25/h9,12-13,16,19-22,37H,7-8,10-11,14-15,17-18H2,1-6H3,(H2,32,34)/b35-28?,36-23+/t20?,21-,22?/m1/s1. The molecule has 0 saturated heterocycles. The van der Waals surface area contributed by atoms with E-state index < -0.39 is 24.6 Å². The summed E-state index contributed by atoms with van der Waals surface area (Å²) in [6.45, 7) is 10.4. The second-order valence-electron chi connectivity index (χ2n) is 10.9. The first-order valence-corrected chi connectivity index (χ1v) is 14.8. The summed E-state index contributed by atoms with van der Waals surface area (Å²) in [4.78, 5) is 54.8. The van der Waals surface area contributed by atoms with Crippen molar-refractivity contribution < 1.29 is 38.2 Å². The summed E-state index contributed by atoms with van der Waals surface area (Å²) in [5.74, 6) is -1.99. The molecule has 0 aromatic carbocycles. The lowest BCUT2D eigenvalue weighted by molar-refractivity contribution is -0.159. The number of hydrogen-bond donors (Lipinski definition) is 2. The molecule has 0 fully saturated rings. The van der Waals surface area contributed by atoms with E-state index in [0.717, 1.165) is 18.6 Å². The van der Waals surface area contributed by atoms with E-state index in [2.05, 4.69) is 31.8 Å². The fraction of sp³-hybridized carbons (Fsp3) is 0.581. The van der Waals surface area contributed by atoms with E-state index in [0.29, 0.717) is 41.6 Å². The molecule has 0 radical (unpaired) electrons. The monoisotopic (exact) mass is 615 g/mol. The second-order valence-corrected chi connectivity index (χ2v) is 10.9. The Morgan fingerprint density at radius 3 is 2.50 bits per heavy atom. The highest BCUT2D eigenvalue weighted by Crippen LogP contribution is 2.19. The molecule has 3 N–H and O–H groups in total. The van der Waals surface area contributed by atoms with Gasteiger partial charge in [0.2, 0.25) is 11.8 Å². The van der Waals surface area contributed by atoms with Gasteiger partial charge >= 0.3 is 5.97 Å². The molecule has 44 heavy (non-hydrogen) atoms. The van der Waals surface area contributed by atoms with Crippen molar-refractivity contribution in [3.63, 3.8) is 0 Å². The number of ketones is 1. The van der Waals surface area contributed by atoms with Gasteiger partial charge in [-0.2, -0.15) is 0 Å². The number of nitrogen functional groups attached to an aromatic ring is 1. The van der Waals surface area contributed by atoms with Gasteiger partial charge in [0.15, 0.2) is 19.2 Å². The summed E-state index contributed by atoms with van der Waals surface area (Å²) < 4.78 is 15.8. The number of esters is 1. The van der Waals surface area contributed by atoms with Gasteiger partial charge in [0.1, 0.15) is 29.4 Å². The Hall–Kier alpha value is -3.97. The predicted octanol–water partition coefficient (Wildman–Crippen LogP) is 4.38. The van der Waals surface area contributed by atoms with Crippen LogP contribution in [0.3, 0.4) is 0 Å². The SMILES string of the molecule is CCC(=O)N=C(C(C)C)C(C)CCC/C(COC[C@@H](C)C(=O)C(C)C(=O)OCO)=N\OCc1coc(-c2cccc(N)n2)n1. The predicted molar refractivity (Wildman–Crippen MR) is 164 cm³/mol. The number of nitrogens with two attached hydrogens (primary N) is 1. The van der Waals surface area contributed by atoms with Crippen molar-refractivity contribution in [2.75, 3.05) is 25.7 Å². The first-order chi connectivity index (χ1) is 21.0. The molecule has 2 aromatic rings. The maximum absolute atomic E-state index is 12.6. The largest absolute Gasteiger partial charge is 0.443 e. The number of pyridine rings is 1. The van der Waals surface area contributed by atoms with E-state index in [9.17, 15) is 14.4 Å². The number of oxazole rings is 1. The first kappa shape index (κ1) is 36.2. The summed E-state index contributed by atoms with van der Waals surface area (Å²) in [5, 5.41) is 13.1. The Morgan fingerprint density at radius 2 is 1.84 bits per heavy atom. The number of aliphatic hydroxyl groups excluding tert-OH is 1. The second kappa shape index (κ2) is 18.6. The van der Waals surface area contributed by atoms with Crippen molar-refractivity contribution >= 4 is 34.9 Å². The topological polar surface area (TPSA) is 189 Å². The number of anilines is 1. The summed E-state index contributed by atoms with van der Waals surface area (Å²) in [6, 6.07) is 5.15. The third-order valence-electron chi connectivity index (χ3n) is 6.81. The molecule has 13 heteroatoms. The minimum Gasteiger partial charge on any atom is -0.443 e. The fourth-order valence-corrected chi connectivity index (χ4v) is 4.35. The average Bonchev–Trinajstić information content (AvgIpc) is 3.47. The highest BCUT2D eigenvalue weighted by molar-refractivity contribution is 5.99. The Balaban J connectivity index is 2.04. The van der Waals surface area contributed by atoms with Crippen molar-refractivity contribution in [1.29, 1.82) is 0 Å². The molecule has 13 nitrogen and oxygen atoms in total. The summed E-state index contributed by atoms with van der Waals surface area (Å²) >= 11 is 0. The number of aliphatic hydroxyl groups is 1. The highest BCUT2D eigenvalue weighted by Gasteiger charge is 2.27. The Morgan fingerprint density at radius 1 is 1.09 bits per heavy atom. The molecule has 2 heterocycles. The van der Waals surface area contributed by atoms with Crippen LogP contribution in [0.25, 0.3) is 11.6 Å². The fourth-order valence-electron chi connectivity index (χ4n) is 4.35. The zero-order chi connectivity index (χ0) is 32.6. The van der Waals surface area contributed by atoms with Crippen molar-refractivity contribution in [1.82, 2.24) is 9.97 Å². The zero-order valence-corrected chi connectivity index (χ0v) is 26.4. The Kier molecular flexibility index (Phi) is 15.3. The third kappa shape index (κ3) is 12.0. The number of ether oxygens (including phenoxy) is 2. The molecule has 2 rings (SSSR count). The smallest absolute Gasteiger partial charge is 0.318 e. The number of hydrogen-bond acceptors (Lipinski definition) is 12. The van der Waals surface area contributed by atoms with Gasteiger partial charge in [-0.05, 0) is 50.2 Å². The van der Waals surface area contributed by atoms with Gasteiger partial charge in [0.05, 0.1) is 18.9 Å². The lowest BCUT2D eigenvalue weighted by atomic mass is 9.91. The summed E-state index contributed by atoms with van der Waals surface area (Å²) in [6.07, 6.45) is 3.85. The van der Waals surface area contributed by atoms with Gasteiger partial charge < -0.3 is 29.6 Å². The number of carbonyl (C=O) groups excluding carboxylic acids is 3. The van der Waals surface area contributed by atoms with Crippen LogP contribution >= 0.6 is 0 Å². The van der Waals surface area contributed by atoms with Gasteiger partial charge in [-0.25, -0.2) is 15.0 Å². The van der Waals surface area contributed by atoms with Gasteiger partial charge in [0.25, 0.3) is 0 Å². The van der Waals surface area contributed by atoms with Crippen molar-refractivity contribution in [3.8, 4) is 11.6 Å². The number of nitrogens with zero attached hydrogens (tertiary/aromatic N) is 4. The molecular formula is C31H45N5O8. The van der Waals surface area contributed by atoms with E-state index in [1.54, 1.807) is 32.0 Å². The number of amides is 1. The molecule has 0 saturated carbocycles. The van der Waals surface area contributed by atoms with Gasteiger partial charge in [-0.15, -0.1) is 0 Å². The summed E-state index contributed by atoms with van der Waals surface area (Å²) in [7, 11) is 0. The quantitative estimate of drug-likeness (QED) is 0.0750. The molecule has 0 aliphatic rings. The van der Waals surface area contributed by atoms with Crippen LogP contribution in [0, 0.1) is 23.7 Å². The Labute approximate surface area is 258 Å². The van der Waals surface area contributed by atoms with Crippen LogP contribution in [0.5, 0.6) is 0 Å². The van der Waals surface area contributed by atoms with Crippen molar-refractivity contribution in [3.05, 3.63) is 30.2 Å². The molecule has 242 valence electrons. The van der Waals surface area contributed by atoms with Crippen LogP contribution in [0.4, 0.5) is 5.82 Å².